The maximum atomic E-state index is 12.8. The molecule has 3 aromatic rings. The lowest BCUT2D eigenvalue weighted by Gasteiger charge is -2.20. The number of fused-ring (bicyclic) bond motifs is 1. The number of methoxy groups -OCH3 is 1. The second kappa shape index (κ2) is 11.5. The van der Waals surface area contributed by atoms with Crippen LogP contribution >= 0.6 is 35.1 Å². The van der Waals surface area contributed by atoms with Crippen LogP contribution in [0.25, 0.3) is 6.08 Å². The van der Waals surface area contributed by atoms with Gasteiger partial charge in [0.25, 0.3) is 5.91 Å². The summed E-state index contributed by atoms with van der Waals surface area (Å²) in [6.07, 6.45) is 1.61. The van der Waals surface area contributed by atoms with Crippen molar-refractivity contribution < 1.29 is 14.3 Å². The number of rotatable bonds is 8. The van der Waals surface area contributed by atoms with Crippen LogP contribution in [0.3, 0.4) is 0 Å². The molecule has 0 atom stereocenters. The van der Waals surface area contributed by atoms with Gasteiger partial charge < -0.3 is 9.47 Å². The Labute approximate surface area is 234 Å². The fourth-order valence-electron chi connectivity index (χ4n) is 3.74. The predicted octanol–water partition coefficient (Wildman–Crippen LogP) is 6.50. The molecule has 0 fully saturated rings. The van der Waals surface area contributed by atoms with E-state index in [2.05, 4.69) is 41.3 Å². The zero-order valence-electron chi connectivity index (χ0n) is 20.6. The molecular formula is C28H23ClN4O3S2. The van der Waals surface area contributed by atoms with Crippen LogP contribution in [0.15, 0.2) is 87.3 Å². The number of thioether (sulfide) groups is 2. The summed E-state index contributed by atoms with van der Waals surface area (Å²) in [7, 11) is 1.57. The molecule has 0 saturated heterocycles. The van der Waals surface area contributed by atoms with Crippen molar-refractivity contribution in [3.05, 3.63) is 94.0 Å². The molecule has 2 heterocycles. The van der Waals surface area contributed by atoms with E-state index in [9.17, 15) is 4.79 Å². The zero-order valence-corrected chi connectivity index (χ0v) is 23.0. The van der Waals surface area contributed by atoms with Gasteiger partial charge in [0, 0.05) is 16.2 Å². The number of aryl methyl sites for hydroxylation is 1. The van der Waals surface area contributed by atoms with Gasteiger partial charge in [-0.05, 0) is 60.7 Å². The Morgan fingerprint density at radius 1 is 1.11 bits per heavy atom. The molecule has 0 saturated carbocycles. The van der Waals surface area contributed by atoms with E-state index < -0.39 is 5.91 Å². The van der Waals surface area contributed by atoms with Crippen molar-refractivity contribution in [3.8, 4) is 11.5 Å². The minimum Gasteiger partial charge on any atom is -0.493 e. The second-order valence-electron chi connectivity index (χ2n) is 8.33. The minimum absolute atomic E-state index is 0.0537. The third-order valence-corrected chi connectivity index (χ3v) is 7.94. The summed E-state index contributed by atoms with van der Waals surface area (Å²) < 4.78 is 11.5. The Balaban J connectivity index is 1.29. The third kappa shape index (κ3) is 5.65. The van der Waals surface area contributed by atoms with Gasteiger partial charge in [-0.2, -0.15) is 15.1 Å². The summed E-state index contributed by atoms with van der Waals surface area (Å²) >= 11 is 9.24. The minimum atomic E-state index is -0.503. The summed E-state index contributed by atoms with van der Waals surface area (Å²) in [4.78, 5) is 18.2. The molecule has 0 spiro atoms. The zero-order chi connectivity index (χ0) is 26.6. The van der Waals surface area contributed by atoms with Crippen LogP contribution in [0, 0.1) is 12.3 Å². The summed E-state index contributed by atoms with van der Waals surface area (Å²) in [5.41, 5.74) is 2.76. The van der Waals surface area contributed by atoms with Crippen LogP contribution in [-0.4, -0.2) is 46.4 Å². The molecular weight excluding hydrogens is 540 g/mol. The first-order valence-electron chi connectivity index (χ1n) is 11.7. The van der Waals surface area contributed by atoms with Gasteiger partial charge in [-0.25, -0.2) is 0 Å². The second-order valence-corrected chi connectivity index (χ2v) is 10.9. The summed E-state index contributed by atoms with van der Waals surface area (Å²) in [5.74, 6) is 1.37. The van der Waals surface area contributed by atoms with Gasteiger partial charge in [-0.15, -0.1) is 11.8 Å². The maximum Gasteiger partial charge on any atom is 0.283 e. The van der Waals surface area contributed by atoms with E-state index in [1.54, 1.807) is 43.1 Å². The first kappa shape index (κ1) is 26.1. The van der Waals surface area contributed by atoms with Crippen molar-refractivity contribution in [3.63, 3.8) is 0 Å². The number of aliphatic imine (C=N–C) groups is 1. The molecule has 192 valence electrons. The molecule has 1 N–H and O–H groups in total. The lowest BCUT2D eigenvalue weighted by molar-refractivity contribution is -0.114. The number of benzene rings is 3. The first-order chi connectivity index (χ1) is 18.4. The van der Waals surface area contributed by atoms with Crippen LogP contribution in [0.2, 0.25) is 5.02 Å². The van der Waals surface area contributed by atoms with Crippen molar-refractivity contribution in [2.45, 2.75) is 11.8 Å². The number of carbonyl (C=O) groups is 1. The Bertz CT molecular complexity index is 1500. The number of ether oxygens (including phenoxy) is 2. The molecule has 2 aliphatic rings. The van der Waals surface area contributed by atoms with Gasteiger partial charge in [-0.1, -0.05) is 53.6 Å². The molecule has 0 aliphatic carbocycles. The van der Waals surface area contributed by atoms with E-state index in [0.717, 1.165) is 11.3 Å². The molecule has 0 aromatic heterocycles. The van der Waals surface area contributed by atoms with Crippen molar-refractivity contribution >= 4 is 63.2 Å². The Kier molecular flexibility index (Phi) is 7.87. The van der Waals surface area contributed by atoms with E-state index in [4.69, 9.17) is 26.5 Å². The summed E-state index contributed by atoms with van der Waals surface area (Å²) in [6, 6.07) is 21.1. The number of halogens is 1. The molecule has 1 amide bonds. The summed E-state index contributed by atoms with van der Waals surface area (Å²) in [5, 5.41) is 15.9. The standard InChI is InChI=1S/C28H23ClN4O3S2/c1-17-7-10-19(11-8-17)37-14-13-36-23-12-9-18(16-24(23)35-2)15-21-25(30)33-28(31-26(21)34)38-27(32-33)20-5-3-4-6-22(20)29/h3-12,15-16,30H,13-14H2,1-2H3/b21-15-,30-25?. The number of hydrogen-bond donors (Lipinski definition) is 1. The first-order valence-corrected chi connectivity index (χ1v) is 13.9. The Hall–Kier alpha value is -3.53. The van der Waals surface area contributed by atoms with E-state index >= 15 is 0 Å². The Morgan fingerprint density at radius 2 is 1.89 bits per heavy atom. The predicted molar refractivity (Wildman–Crippen MR) is 156 cm³/mol. The van der Waals surface area contributed by atoms with Gasteiger partial charge in [0.2, 0.25) is 5.17 Å². The maximum absolute atomic E-state index is 12.8. The van der Waals surface area contributed by atoms with E-state index in [1.807, 2.05) is 24.3 Å². The number of nitrogens with zero attached hydrogens (tertiary/aromatic N) is 3. The number of carbonyl (C=O) groups excluding carboxylic acids is 1. The molecule has 10 heteroatoms. The lowest BCUT2D eigenvalue weighted by atomic mass is 10.1. The number of hydrazone groups is 1. The number of hydrogen-bond acceptors (Lipinski definition) is 7. The molecule has 0 radical (unpaired) electrons. The normalized spacial score (nSPS) is 15.9. The SMILES string of the molecule is COc1cc(/C=C2/C(=N)N3N=C(c4ccccc4Cl)SC3=NC2=O)ccc1OCCSc1ccc(C)cc1. The lowest BCUT2D eigenvalue weighted by Crippen LogP contribution is -2.35. The number of nitrogens with one attached hydrogen (secondary N) is 1. The highest BCUT2D eigenvalue weighted by Gasteiger charge is 2.36. The van der Waals surface area contributed by atoms with Crippen LogP contribution in [0.5, 0.6) is 11.5 Å². The molecule has 2 aliphatic heterocycles. The average molecular weight is 563 g/mol. The summed E-state index contributed by atoms with van der Waals surface area (Å²) in [6.45, 7) is 2.58. The number of amidine groups is 2. The highest BCUT2D eigenvalue weighted by Crippen LogP contribution is 2.34. The Morgan fingerprint density at radius 3 is 2.66 bits per heavy atom. The molecule has 0 unspecified atom stereocenters. The largest absolute Gasteiger partial charge is 0.493 e. The van der Waals surface area contributed by atoms with Crippen molar-refractivity contribution in [1.82, 2.24) is 5.01 Å². The van der Waals surface area contributed by atoms with Crippen LogP contribution in [-0.2, 0) is 4.79 Å². The van der Waals surface area contributed by atoms with Crippen LogP contribution < -0.4 is 9.47 Å². The van der Waals surface area contributed by atoms with Gasteiger partial charge in [0.1, 0.15) is 5.04 Å². The molecule has 5 rings (SSSR count). The van der Waals surface area contributed by atoms with E-state index in [0.29, 0.717) is 38.9 Å². The number of amides is 1. The molecule has 3 aromatic carbocycles. The van der Waals surface area contributed by atoms with E-state index in [-0.39, 0.29) is 11.4 Å². The highest BCUT2D eigenvalue weighted by atomic mass is 35.5. The smallest absolute Gasteiger partial charge is 0.283 e. The van der Waals surface area contributed by atoms with Gasteiger partial charge in [0.15, 0.2) is 17.3 Å². The van der Waals surface area contributed by atoms with Gasteiger partial charge in [0.05, 0.1) is 24.3 Å². The molecule has 38 heavy (non-hydrogen) atoms. The van der Waals surface area contributed by atoms with Gasteiger partial charge >= 0.3 is 0 Å². The van der Waals surface area contributed by atoms with Crippen LogP contribution in [0.1, 0.15) is 16.7 Å². The van der Waals surface area contributed by atoms with Crippen molar-refractivity contribution in [1.29, 1.82) is 5.41 Å². The van der Waals surface area contributed by atoms with Crippen LogP contribution in [0.4, 0.5) is 0 Å². The van der Waals surface area contributed by atoms with E-state index in [1.165, 1.54) is 27.2 Å². The third-order valence-electron chi connectivity index (χ3n) is 5.69. The quantitative estimate of drug-likeness (QED) is 0.192. The topological polar surface area (TPSA) is 87.3 Å². The van der Waals surface area contributed by atoms with Crippen molar-refractivity contribution in [2.24, 2.45) is 10.1 Å². The fourth-order valence-corrected chi connectivity index (χ4v) is 5.68. The average Bonchev–Trinajstić information content (AvgIpc) is 3.34. The fraction of sp³-hybridized carbons (Fsp3) is 0.143. The van der Waals surface area contributed by atoms with Gasteiger partial charge in [-0.3, -0.25) is 10.2 Å². The molecule has 7 nitrogen and oxygen atoms in total. The highest BCUT2D eigenvalue weighted by molar-refractivity contribution is 8.27. The monoisotopic (exact) mass is 562 g/mol. The van der Waals surface area contributed by atoms with Crippen molar-refractivity contribution in [2.75, 3.05) is 19.5 Å². The molecule has 0 bridgehead atoms.